The van der Waals surface area contributed by atoms with E-state index in [0.29, 0.717) is 6.61 Å². The normalized spacial score (nSPS) is 15.8. The van der Waals surface area contributed by atoms with Gasteiger partial charge in [0, 0.05) is 5.56 Å². The molecule has 0 saturated heterocycles. The van der Waals surface area contributed by atoms with E-state index in [4.69, 9.17) is 4.74 Å². The zero-order valence-corrected chi connectivity index (χ0v) is 14.5. The van der Waals surface area contributed by atoms with Crippen molar-refractivity contribution in [3.8, 4) is 5.75 Å². The molecule has 0 aromatic heterocycles. The first kappa shape index (κ1) is 17.5. The van der Waals surface area contributed by atoms with Crippen LogP contribution in [0, 0.1) is 0 Å². The van der Waals surface area contributed by atoms with Crippen LogP contribution in [0.5, 0.6) is 5.75 Å². The van der Waals surface area contributed by atoms with Crippen LogP contribution in [0.25, 0.3) is 10.8 Å². The maximum Gasteiger partial charge on any atom is 0.365 e. The molecule has 0 radical (unpaired) electrons. The van der Waals surface area contributed by atoms with Crippen LogP contribution in [0.3, 0.4) is 0 Å². The molecule has 0 aliphatic carbocycles. The van der Waals surface area contributed by atoms with E-state index in [-0.39, 0.29) is 11.5 Å². The zero-order chi connectivity index (χ0) is 18.4. The smallest absolute Gasteiger partial charge is 0.365 e. The molecule has 0 unspecified atom stereocenters. The third-order valence-electron chi connectivity index (χ3n) is 3.79. The Morgan fingerprint density at radius 3 is 2.92 bits per heavy atom. The third-order valence-corrected chi connectivity index (χ3v) is 3.79. The molecule has 2 aromatic carbocycles. The molecule has 0 saturated carbocycles. The summed E-state index contributed by atoms with van der Waals surface area (Å²) in [6.07, 6.45) is 3.64. The average Bonchev–Trinajstić information content (AvgIpc) is 2.66. The number of amides is 2. The standard InChI is InChI=1S/C19H19N5O2/c1-3-4-11-26-17-10-9-14-7-5-6-8-15(14)16(17)12-20-23-18-13(2)22-24-19(25)21-18/h5-10,12H,2-4,11H2,1H3,(H,21,23,25)/b20-12+. The molecule has 3 rings (SSSR count). The molecule has 1 N–H and O–H groups in total. The van der Waals surface area contributed by atoms with Gasteiger partial charge in [-0.05, 0) is 23.3 Å². The number of unbranched alkanes of at least 4 members (excludes halogenated alkanes) is 1. The van der Waals surface area contributed by atoms with Gasteiger partial charge in [0.1, 0.15) is 11.4 Å². The highest BCUT2D eigenvalue weighted by Gasteiger charge is 2.14. The number of hydrogen-bond donors (Lipinski definition) is 1. The molecule has 0 bridgehead atoms. The van der Waals surface area contributed by atoms with Gasteiger partial charge in [-0.1, -0.05) is 55.4 Å². The molecule has 7 heteroatoms. The first-order valence-electron chi connectivity index (χ1n) is 8.36. The summed E-state index contributed by atoms with van der Waals surface area (Å²) in [6.45, 7) is 6.42. The highest BCUT2D eigenvalue weighted by molar-refractivity contribution is 6.09. The molecule has 0 fully saturated rings. The van der Waals surface area contributed by atoms with Gasteiger partial charge in [0.05, 0.1) is 12.8 Å². The number of nitrogens with one attached hydrogen (secondary N) is 1. The van der Waals surface area contributed by atoms with Crippen LogP contribution in [0.1, 0.15) is 25.3 Å². The number of hydrogen-bond acceptors (Lipinski definition) is 5. The van der Waals surface area contributed by atoms with Crippen molar-refractivity contribution in [1.29, 1.82) is 0 Å². The maximum absolute atomic E-state index is 11.3. The SMILES string of the molecule is C=C1N=NC(=O)N/C1=N/N=C/c1c(OCCCC)ccc2ccccc12. The van der Waals surface area contributed by atoms with Gasteiger partial charge in [0.2, 0.25) is 0 Å². The lowest BCUT2D eigenvalue weighted by molar-refractivity contribution is 0.251. The molecule has 0 atom stereocenters. The number of nitrogens with zero attached hydrogens (tertiary/aromatic N) is 4. The van der Waals surface area contributed by atoms with Crippen LogP contribution < -0.4 is 10.1 Å². The fourth-order valence-electron chi connectivity index (χ4n) is 2.44. The predicted octanol–water partition coefficient (Wildman–Crippen LogP) is 4.44. The summed E-state index contributed by atoms with van der Waals surface area (Å²) in [6, 6.07) is 11.3. The summed E-state index contributed by atoms with van der Waals surface area (Å²) < 4.78 is 5.91. The number of azo groups is 1. The number of ether oxygens (including phenoxy) is 1. The van der Waals surface area contributed by atoms with Crippen molar-refractivity contribution in [1.82, 2.24) is 5.32 Å². The van der Waals surface area contributed by atoms with Gasteiger partial charge in [-0.15, -0.1) is 10.2 Å². The minimum absolute atomic E-state index is 0.176. The lowest BCUT2D eigenvalue weighted by Crippen LogP contribution is -2.31. The van der Waals surface area contributed by atoms with Crippen LogP contribution in [-0.4, -0.2) is 24.7 Å². The van der Waals surface area contributed by atoms with E-state index in [9.17, 15) is 4.79 Å². The van der Waals surface area contributed by atoms with Crippen molar-refractivity contribution in [2.45, 2.75) is 19.8 Å². The van der Waals surface area contributed by atoms with Crippen molar-refractivity contribution >= 4 is 28.9 Å². The van der Waals surface area contributed by atoms with Crippen LogP contribution >= 0.6 is 0 Å². The van der Waals surface area contributed by atoms with E-state index in [1.807, 2.05) is 36.4 Å². The molecule has 1 aliphatic rings. The number of amidine groups is 1. The summed E-state index contributed by atoms with van der Waals surface area (Å²) in [5, 5.41) is 19.6. The maximum atomic E-state index is 11.3. The highest BCUT2D eigenvalue weighted by atomic mass is 16.5. The Hall–Kier alpha value is -3.35. The van der Waals surface area contributed by atoms with Gasteiger partial charge in [0.15, 0.2) is 5.84 Å². The van der Waals surface area contributed by atoms with Crippen LogP contribution in [-0.2, 0) is 0 Å². The number of carbonyl (C=O) groups excluding carboxylic acids is 1. The molecule has 1 heterocycles. The van der Waals surface area contributed by atoms with Crippen LogP contribution in [0.15, 0.2) is 69.1 Å². The highest BCUT2D eigenvalue weighted by Crippen LogP contribution is 2.27. The quantitative estimate of drug-likeness (QED) is 0.475. The van der Waals surface area contributed by atoms with E-state index in [0.717, 1.165) is 34.9 Å². The largest absolute Gasteiger partial charge is 0.493 e. The van der Waals surface area contributed by atoms with E-state index in [1.54, 1.807) is 6.21 Å². The van der Waals surface area contributed by atoms with E-state index in [1.165, 1.54) is 0 Å². The fourth-order valence-corrected chi connectivity index (χ4v) is 2.44. The Bertz CT molecular complexity index is 931. The third kappa shape index (κ3) is 4.00. The fraction of sp³-hybridized carbons (Fsp3) is 0.211. The topological polar surface area (TPSA) is 87.8 Å². The Morgan fingerprint density at radius 1 is 1.23 bits per heavy atom. The number of rotatable bonds is 6. The Morgan fingerprint density at radius 2 is 2.08 bits per heavy atom. The molecular formula is C19H19N5O2. The van der Waals surface area contributed by atoms with Crippen molar-refractivity contribution < 1.29 is 9.53 Å². The molecule has 1 aliphatic heterocycles. The van der Waals surface area contributed by atoms with E-state index in [2.05, 4.69) is 39.3 Å². The van der Waals surface area contributed by atoms with E-state index < -0.39 is 6.03 Å². The van der Waals surface area contributed by atoms with Gasteiger partial charge >= 0.3 is 6.03 Å². The second-order valence-corrected chi connectivity index (χ2v) is 5.67. The lowest BCUT2D eigenvalue weighted by Gasteiger charge is -2.11. The monoisotopic (exact) mass is 349 g/mol. The zero-order valence-electron chi connectivity index (χ0n) is 14.5. The van der Waals surface area contributed by atoms with Crippen molar-refractivity contribution in [2.24, 2.45) is 20.4 Å². The summed E-state index contributed by atoms with van der Waals surface area (Å²) >= 11 is 0. The minimum atomic E-state index is -0.597. The molecule has 26 heavy (non-hydrogen) atoms. The Kier molecular flexibility index (Phi) is 5.48. The van der Waals surface area contributed by atoms with Crippen LogP contribution in [0.4, 0.5) is 4.79 Å². The molecule has 2 amide bonds. The Labute approximate surface area is 151 Å². The number of benzene rings is 2. The molecule has 132 valence electrons. The van der Waals surface area contributed by atoms with Gasteiger partial charge in [0.25, 0.3) is 0 Å². The van der Waals surface area contributed by atoms with Gasteiger partial charge in [-0.2, -0.15) is 5.10 Å². The first-order chi connectivity index (χ1) is 12.7. The number of carbonyl (C=O) groups is 1. The molecule has 7 nitrogen and oxygen atoms in total. The number of fused-ring (bicyclic) bond motifs is 1. The van der Waals surface area contributed by atoms with Crippen molar-refractivity contribution in [2.75, 3.05) is 6.61 Å². The van der Waals surface area contributed by atoms with Gasteiger partial charge in [-0.3, -0.25) is 5.32 Å². The summed E-state index contributed by atoms with van der Waals surface area (Å²) in [5.74, 6) is 0.919. The molecule has 2 aromatic rings. The first-order valence-corrected chi connectivity index (χ1v) is 8.36. The van der Waals surface area contributed by atoms with Gasteiger partial charge in [-0.25, -0.2) is 4.79 Å². The lowest BCUT2D eigenvalue weighted by atomic mass is 10.0. The Balaban J connectivity index is 1.94. The average molecular weight is 349 g/mol. The van der Waals surface area contributed by atoms with Crippen LogP contribution in [0.2, 0.25) is 0 Å². The van der Waals surface area contributed by atoms with Crippen molar-refractivity contribution in [3.05, 3.63) is 54.2 Å². The summed E-state index contributed by atoms with van der Waals surface area (Å²) in [7, 11) is 0. The minimum Gasteiger partial charge on any atom is -0.493 e. The number of urea groups is 1. The van der Waals surface area contributed by atoms with Crippen molar-refractivity contribution in [3.63, 3.8) is 0 Å². The summed E-state index contributed by atoms with van der Waals surface area (Å²) in [5.41, 5.74) is 1.08. The van der Waals surface area contributed by atoms with Gasteiger partial charge < -0.3 is 4.74 Å². The molecular weight excluding hydrogens is 330 g/mol. The summed E-state index contributed by atoms with van der Waals surface area (Å²) in [4.78, 5) is 11.3. The molecule has 0 spiro atoms. The van der Waals surface area contributed by atoms with E-state index >= 15 is 0 Å². The second-order valence-electron chi connectivity index (χ2n) is 5.67. The second kappa shape index (κ2) is 8.15. The predicted molar refractivity (Wildman–Crippen MR) is 102 cm³/mol.